The number of Topliss-reactive ketones (excluding diaryl/α,β-unsaturated/α-hetero) is 2. The maximum absolute atomic E-state index is 11.9. The molecule has 4 rings (SSSR count). The molecule has 0 saturated heterocycles. The number of anilines is 2. The topological polar surface area (TPSA) is 361 Å². The molecular formula is C34H30BaN8O16S2. The summed E-state index contributed by atoms with van der Waals surface area (Å²) in [6.45, 7) is 2.48. The molecule has 0 fully saturated rings. The fourth-order valence-corrected chi connectivity index (χ4v) is 5.71. The Morgan fingerprint density at radius 3 is 1.18 bits per heavy atom. The second kappa shape index (κ2) is 22.7. The molecule has 2 N–H and O–H groups in total. The normalized spacial score (nSPS) is 11.1. The fourth-order valence-electron chi connectivity index (χ4n) is 4.53. The summed E-state index contributed by atoms with van der Waals surface area (Å²) in [6.07, 6.45) is -0.766. The zero-order chi connectivity index (χ0) is 44.9. The van der Waals surface area contributed by atoms with Gasteiger partial charge in [0.25, 0.3) is 11.4 Å². The van der Waals surface area contributed by atoms with E-state index in [0.717, 1.165) is 36.4 Å². The van der Waals surface area contributed by atoms with Gasteiger partial charge in [0, 0.05) is 36.4 Å². The van der Waals surface area contributed by atoms with Gasteiger partial charge >= 0.3 is 48.9 Å². The van der Waals surface area contributed by atoms with Crippen molar-refractivity contribution in [2.45, 2.75) is 36.5 Å². The molecule has 0 aliphatic carbocycles. The first-order chi connectivity index (χ1) is 28.0. The van der Waals surface area contributed by atoms with Crippen LogP contribution in [0.3, 0.4) is 0 Å². The van der Waals surface area contributed by atoms with Crippen molar-refractivity contribution in [3.05, 3.63) is 93.0 Å². The minimum absolute atomic E-state index is 0. The summed E-state index contributed by atoms with van der Waals surface area (Å²) in [6, 6.07) is 13.3. The molecule has 61 heavy (non-hydrogen) atoms. The number of methoxy groups -OCH3 is 2. The molecule has 0 aliphatic heterocycles. The summed E-state index contributed by atoms with van der Waals surface area (Å²) in [5, 5.41) is 41.7. The van der Waals surface area contributed by atoms with E-state index >= 15 is 0 Å². The number of rotatable bonds is 16. The molecule has 4 aromatic carbocycles. The van der Waals surface area contributed by atoms with E-state index in [4.69, 9.17) is 9.47 Å². The van der Waals surface area contributed by atoms with Gasteiger partial charge in [-0.2, -0.15) is 0 Å². The van der Waals surface area contributed by atoms with Gasteiger partial charge in [0.1, 0.15) is 66.1 Å². The monoisotopic (exact) mass is 1010 g/mol. The van der Waals surface area contributed by atoms with Crippen molar-refractivity contribution in [1.29, 1.82) is 0 Å². The number of nitro groups is 2. The second-order valence-electron chi connectivity index (χ2n) is 11.7. The van der Waals surface area contributed by atoms with Crippen LogP contribution < -0.4 is 20.1 Å². The van der Waals surface area contributed by atoms with Gasteiger partial charge in [0.05, 0.1) is 58.1 Å². The molecule has 2 amide bonds. The maximum Gasteiger partial charge on any atom is 2.00 e. The van der Waals surface area contributed by atoms with Gasteiger partial charge in [-0.25, -0.2) is 16.8 Å². The number of nitro benzene ring substituents is 2. The Bertz CT molecular complexity index is 2480. The Morgan fingerprint density at radius 1 is 0.574 bits per heavy atom. The molecule has 0 aromatic heterocycles. The summed E-state index contributed by atoms with van der Waals surface area (Å²) < 4.78 is 78.7. The van der Waals surface area contributed by atoms with E-state index < -0.39 is 74.4 Å². The largest absolute Gasteiger partial charge is 2.00 e. The minimum Gasteiger partial charge on any atom is -0.744 e. The van der Waals surface area contributed by atoms with Crippen molar-refractivity contribution in [1.82, 2.24) is 0 Å². The predicted octanol–water partition coefficient (Wildman–Crippen LogP) is 5.30. The molecule has 24 nitrogen and oxygen atoms in total. The Morgan fingerprint density at radius 2 is 0.902 bits per heavy atom. The van der Waals surface area contributed by atoms with Crippen LogP contribution in [0.5, 0.6) is 11.5 Å². The summed E-state index contributed by atoms with van der Waals surface area (Å²) in [7, 11) is -7.25. The number of nitrogens with zero attached hydrogens (tertiary/aromatic N) is 6. The molecule has 27 heteroatoms. The maximum atomic E-state index is 11.9. The first-order valence-electron chi connectivity index (χ1n) is 16.3. The van der Waals surface area contributed by atoms with E-state index in [9.17, 15) is 65.3 Å². The molecule has 0 unspecified atom stereocenters. The Balaban J connectivity index is 0.000000413. The summed E-state index contributed by atoms with van der Waals surface area (Å²) in [5.41, 5.74) is -1.90. The van der Waals surface area contributed by atoms with Crippen molar-refractivity contribution in [3.63, 3.8) is 0 Å². The molecule has 0 saturated carbocycles. The van der Waals surface area contributed by atoms with Crippen LogP contribution in [0.2, 0.25) is 0 Å². The van der Waals surface area contributed by atoms with Crippen LogP contribution in [0.1, 0.15) is 26.7 Å². The van der Waals surface area contributed by atoms with Crippen LogP contribution in [0.15, 0.2) is 103 Å². The van der Waals surface area contributed by atoms with E-state index in [0.29, 0.717) is 11.5 Å². The van der Waals surface area contributed by atoms with Gasteiger partial charge in [0.2, 0.25) is 11.8 Å². The van der Waals surface area contributed by atoms with Gasteiger partial charge in [-0.15, -0.1) is 20.5 Å². The van der Waals surface area contributed by atoms with E-state index in [-0.39, 0.29) is 96.0 Å². The van der Waals surface area contributed by atoms with Crippen LogP contribution in [0, 0.1) is 20.2 Å². The average molecular weight is 1010 g/mol. The zero-order valence-electron chi connectivity index (χ0n) is 32.1. The average Bonchev–Trinajstić information content (AvgIpc) is 3.15. The molecule has 0 atom stereocenters. The van der Waals surface area contributed by atoms with Gasteiger partial charge in [0.15, 0.2) is 0 Å². The molecule has 316 valence electrons. The van der Waals surface area contributed by atoms with Crippen LogP contribution in [0.4, 0.5) is 45.5 Å². The number of amides is 2. The first-order valence-corrected chi connectivity index (χ1v) is 19.1. The number of azo groups is 2. The Labute approximate surface area is 385 Å². The summed E-state index contributed by atoms with van der Waals surface area (Å²) in [5.74, 6) is -1.37. The molecule has 0 radical (unpaired) electrons. The number of hydrogen-bond acceptors (Lipinski definition) is 20. The smallest absolute Gasteiger partial charge is 0.744 e. The van der Waals surface area contributed by atoms with Crippen molar-refractivity contribution < 1.29 is 64.4 Å². The Hall–Kier alpha value is -5.85. The number of carbonyl (C=O) groups excluding carboxylic acids is 4. The van der Waals surface area contributed by atoms with Crippen LogP contribution in [0.25, 0.3) is 0 Å². The van der Waals surface area contributed by atoms with Crippen LogP contribution in [-0.4, -0.2) is 122 Å². The molecule has 0 bridgehead atoms. The van der Waals surface area contributed by atoms with Crippen molar-refractivity contribution in [2.75, 3.05) is 24.9 Å². The number of hydrogen-bond donors (Lipinski definition) is 2. The van der Waals surface area contributed by atoms with Gasteiger partial charge in [-0.3, -0.25) is 39.4 Å². The fraction of sp³-hybridized carbons (Fsp3) is 0.176. The molecular weight excluding hydrogens is 978 g/mol. The summed E-state index contributed by atoms with van der Waals surface area (Å²) >= 11 is 0. The van der Waals surface area contributed by atoms with E-state index in [1.165, 1.54) is 64.5 Å². The van der Waals surface area contributed by atoms with E-state index in [2.05, 4.69) is 31.1 Å². The third-order valence-corrected chi connectivity index (χ3v) is 8.92. The SMILES string of the molecule is COc1ccc(NC(=O)CC(C)=O)c(N=Nc2cc([N+](=O)[O-])ccc2S(=O)(=O)[O-])c1.COc1ccc(NC(=O)CC(C)=O)c(N=Nc2cc([N+](=O)[O-])ccc2S(=O)(=O)[O-])c1.[Ba+2]. The van der Waals surface area contributed by atoms with Crippen molar-refractivity contribution >= 4 is 138 Å². The van der Waals surface area contributed by atoms with E-state index in [1.54, 1.807) is 0 Å². The third kappa shape index (κ3) is 15.9. The summed E-state index contributed by atoms with van der Waals surface area (Å²) in [4.78, 5) is 64.7. The number of non-ortho nitro benzene ring substituents is 2. The number of benzene rings is 4. The second-order valence-corrected chi connectivity index (χ2v) is 14.4. The number of ketones is 2. The quantitative estimate of drug-likeness (QED) is 0.0359. The Kier molecular flexibility index (Phi) is 19.1. The van der Waals surface area contributed by atoms with E-state index in [1.807, 2.05) is 0 Å². The predicted molar refractivity (Wildman–Crippen MR) is 210 cm³/mol. The zero-order valence-corrected chi connectivity index (χ0v) is 38.2. The molecule has 0 spiro atoms. The van der Waals surface area contributed by atoms with Crippen LogP contribution in [-0.2, 0) is 39.4 Å². The van der Waals surface area contributed by atoms with Gasteiger partial charge in [-0.05, 0) is 50.2 Å². The van der Waals surface area contributed by atoms with Crippen molar-refractivity contribution in [2.24, 2.45) is 20.5 Å². The van der Waals surface area contributed by atoms with Crippen LogP contribution >= 0.6 is 0 Å². The van der Waals surface area contributed by atoms with Gasteiger partial charge in [-0.1, -0.05) is 0 Å². The minimum atomic E-state index is -4.99. The molecule has 4 aromatic rings. The number of nitrogens with one attached hydrogen (secondary N) is 2. The molecule has 0 aliphatic rings. The molecule has 0 heterocycles. The standard InChI is InChI=1S/2C17H16N4O8S.Ba/c2*1-10(22)7-17(23)18-13-5-4-12(29-2)9-14(13)19-20-15-8-11(21(24)25)3-6-16(15)30(26,27)28;/h2*3-6,8-9H,7H2,1-2H3,(H,18,23)(H,26,27,28);/q;;+2/p-2. The number of ether oxygens (including phenoxy) is 2. The van der Waals surface area contributed by atoms with Gasteiger partial charge < -0.3 is 29.2 Å². The number of carbonyl (C=O) groups is 4. The third-order valence-electron chi connectivity index (χ3n) is 7.15. The van der Waals surface area contributed by atoms with Crippen molar-refractivity contribution in [3.8, 4) is 11.5 Å². The first kappa shape index (κ1) is 51.3.